The maximum atomic E-state index is 6.21. The molecule has 0 saturated carbocycles. The van der Waals surface area contributed by atoms with Crippen molar-refractivity contribution in [2.45, 2.75) is 31.8 Å². The zero-order chi connectivity index (χ0) is 13.9. The fourth-order valence-electron chi connectivity index (χ4n) is 2.90. The Balaban J connectivity index is 1.77. The first-order chi connectivity index (χ1) is 9.74. The lowest BCUT2D eigenvalue weighted by atomic mass is 9.87. The van der Waals surface area contributed by atoms with E-state index in [0.29, 0.717) is 6.04 Å². The zero-order valence-corrected chi connectivity index (χ0v) is 12.2. The molecule has 104 valence electrons. The van der Waals surface area contributed by atoms with Gasteiger partial charge in [-0.15, -0.1) is 0 Å². The van der Waals surface area contributed by atoms with Crippen molar-refractivity contribution < 1.29 is 0 Å². The van der Waals surface area contributed by atoms with E-state index in [1.165, 1.54) is 17.5 Å². The van der Waals surface area contributed by atoms with Gasteiger partial charge in [-0.2, -0.15) is 0 Å². The smallest absolute Gasteiger partial charge is 0.0450 e. The van der Waals surface area contributed by atoms with Gasteiger partial charge >= 0.3 is 0 Å². The highest BCUT2D eigenvalue weighted by Crippen LogP contribution is 2.31. The minimum atomic E-state index is 0.374. The third-order valence-electron chi connectivity index (χ3n) is 3.98. The van der Waals surface area contributed by atoms with Gasteiger partial charge in [-0.1, -0.05) is 35.9 Å². The fraction of sp³-hybridized carbons (Fsp3) is 0.294. The van der Waals surface area contributed by atoms with Crippen LogP contribution in [0.1, 0.15) is 35.6 Å². The normalized spacial score (nSPS) is 17.8. The third-order valence-corrected chi connectivity index (χ3v) is 4.35. The monoisotopic (exact) mass is 286 g/mol. The number of nitrogens with one attached hydrogen (secondary N) is 1. The first-order valence-corrected chi connectivity index (χ1v) is 7.47. The Bertz CT molecular complexity index is 610. The van der Waals surface area contributed by atoms with Gasteiger partial charge in [-0.25, -0.2) is 0 Å². The van der Waals surface area contributed by atoms with Crippen molar-refractivity contribution in [3.63, 3.8) is 0 Å². The molecule has 0 saturated heterocycles. The second-order valence-corrected chi connectivity index (χ2v) is 5.78. The van der Waals surface area contributed by atoms with E-state index in [-0.39, 0.29) is 0 Å². The number of fused-ring (bicyclic) bond motifs is 1. The van der Waals surface area contributed by atoms with E-state index in [2.05, 4.69) is 23.5 Å². The number of nitrogen functional groups attached to an aromatic ring is 1. The van der Waals surface area contributed by atoms with Crippen LogP contribution in [0, 0.1) is 0 Å². The number of aryl methyl sites for hydroxylation is 1. The Labute approximate surface area is 125 Å². The highest BCUT2D eigenvalue weighted by atomic mass is 35.5. The van der Waals surface area contributed by atoms with E-state index in [4.69, 9.17) is 17.3 Å². The van der Waals surface area contributed by atoms with Crippen LogP contribution in [0.3, 0.4) is 0 Å². The summed E-state index contributed by atoms with van der Waals surface area (Å²) in [6.45, 7) is 0.790. The van der Waals surface area contributed by atoms with Crippen LogP contribution in [0.25, 0.3) is 0 Å². The Morgan fingerprint density at radius 2 is 2.05 bits per heavy atom. The summed E-state index contributed by atoms with van der Waals surface area (Å²) in [5.74, 6) is 0. The highest BCUT2D eigenvalue weighted by molar-refractivity contribution is 6.31. The van der Waals surface area contributed by atoms with E-state index in [0.717, 1.165) is 35.7 Å². The summed E-state index contributed by atoms with van der Waals surface area (Å²) in [6.07, 6.45) is 3.53. The molecule has 0 amide bonds. The van der Waals surface area contributed by atoms with Crippen LogP contribution >= 0.6 is 11.6 Å². The van der Waals surface area contributed by atoms with Gasteiger partial charge in [-0.05, 0) is 54.2 Å². The average Bonchev–Trinajstić information content (AvgIpc) is 2.46. The molecule has 0 spiro atoms. The lowest BCUT2D eigenvalue weighted by molar-refractivity contribution is 0.459. The summed E-state index contributed by atoms with van der Waals surface area (Å²) in [5, 5.41) is 4.44. The average molecular weight is 287 g/mol. The van der Waals surface area contributed by atoms with Crippen molar-refractivity contribution in [3.8, 4) is 0 Å². The molecular weight excluding hydrogens is 268 g/mol. The van der Waals surface area contributed by atoms with Crippen LogP contribution in [0.15, 0.2) is 42.5 Å². The summed E-state index contributed by atoms with van der Waals surface area (Å²) in [7, 11) is 0. The molecule has 20 heavy (non-hydrogen) atoms. The van der Waals surface area contributed by atoms with Gasteiger partial charge in [0.25, 0.3) is 0 Å². The Hall–Kier alpha value is -1.51. The number of hydrogen-bond acceptors (Lipinski definition) is 2. The Kier molecular flexibility index (Phi) is 3.95. The molecule has 2 aromatic rings. The fourth-order valence-corrected chi connectivity index (χ4v) is 3.11. The minimum Gasteiger partial charge on any atom is -0.399 e. The molecule has 1 unspecified atom stereocenters. The number of rotatable bonds is 3. The topological polar surface area (TPSA) is 38.0 Å². The van der Waals surface area contributed by atoms with Crippen molar-refractivity contribution in [2.75, 3.05) is 5.73 Å². The van der Waals surface area contributed by atoms with E-state index in [9.17, 15) is 0 Å². The molecule has 3 heteroatoms. The van der Waals surface area contributed by atoms with Crippen molar-refractivity contribution in [2.24, 2.45) is 0 Å². The molecule has 0 aromatic heterocycles. The quantitative estimate of drug-likeness (QED) is 0.834. The molecular formula is C17H19ClN2. The predicted molar refractivity (Wildman–Crippen MR) is 84.8 cm³/mol. The largest absolute Gasteiger partial charge is 0.399 e. The second kappa shape index (κ2) is 5.86. The number of benzene rings is 2. The van der Waals surface area contributed by atoms with Crippen molar-refractivity contribution in [1.29, 1.82) is 0 Å². The molecule has 0 bridgehead atoms. The van der Waals surface area contributed by atoms with E-state index in [1.54, 1.807) is 0 Å². The standard InChI is InChI=1S/C17H19ClN2/c18-16-6-2-1-4-13(16)11-20-17-7-3-5-12-8-9-14(19)10-15(12)17/h1-2,4,6,8-10,17,20H,3,5,7,11,19H2. The van der Waals surface area contributed by atoms with Gasteiger partial charge in [0.05, 0.1) is 0 Å². The summed E-state index contributed by atoms with van der Waals surface area (Å²) in [5.41, 5.74) is 10.7. The summed E-state index contributed by atoms with van der Waals surface area (Å²) >= 11 is 6.21. The molecule has 2 aromatic carbocycles. The van der Waals surface area contributed by atoms with Crippen LogP contribution in [-0.2, 0) is 13.0 Å². The van der Waals surface area contributed by atoms with Gasteiger partial charge in [0, 0.05) is 23.3 Å². The molecule has 0 fully saturated rings. The molecule has 0 radical (unpaired) electrons. The summed E-state index contributed by atoms with van der Waals surface area (Å²) in [4.78, 5) is 0. The van der Waals surface area contributed by atoms with Crippen molar-refractivity contribution in [1.82, 2.24) is 5.32 Å². The molecule has 3 N–H and O–H groups in total. The SMILES string of the molecule is Nc1ccc2c(c1)C(NCc1ccccc1Cl)CCC2. The van der Waals surface area contributed by atoms with Crippen molar-refractivity contribution in [3.05, 3.63) is 64.2 Å². The third kappa shape index (κ3) is 2.82. The van der Waals surface area contributed by atoms with Gasteiger partial charge in [0.2, 0.25) is 0 Å². The second-order valence-electron chi connectivity index (χ2n) is 5.38. The maximum Gasteiger partial charge on any atom is 0.0450 e. The number of hydrogen-bond donors (Lipinski definition) is 2. The predicted octanol–water partition coefficient (Wildman–Crippen LogP) is 4.09. The summed E-state index contributed by atoms with van der Waals surface area (Å²) < 4.78 is 0. The van der Waals surface area contributed by atoms with Crippen LogP contribution < -0.4 is 11.1 Å². The van der Waals surface area contributed by atoms with Gasteiger partial charge in [-0.3, -0.25) is 0 Å². The maximum absolute atomic E-state index is 6.21. The number of nitrogens with two attached hydrogens (primary N) is 1. The van der Waals surface area contributed by atoms with E-state index >= 15 is 0 Å². The Morgan fingerprint density at radius 1 is 1.20 bits per heavy atom. The molecule has 3 rings (SSSR count). The molecule has 2 nitrogen and oxygen atoms in total. The van der Waals surface area contributed by atoms with Gasteiger partial charge in [0.1, 0.15) is 0 Å². The van der Waals surface area contributed by atoms with Crippen LogP contribution in [0.2, 0.25) is 5.02 Å². The number of halogens is 1. The molecule has 1 aliphatic rings. The molecule has 0 heterocycles. The van der Waals surface area contributed by atoms with Gasteiger partial charge < -0.3 is 11.1 Å². The molecule has 1 atom stereocenters. The van der Waals surface area contributed by atoms with Crippen LogP contribution in [-0.4, -0.2) is 0 Å². The minimum absolute atomic E-state index is 0.374. The van der Waals surface area contributed by atoms with Crippen LogP contribution in [0.5, 0.6) is 0 Å². The molecule has 1 aliphatic carbocycles. The summed E-state index contributed by atoms with van der Waals surface area (Å²) in [6, 6.07) is 14.6. The Morgan fingerprint density at radius 3 is 2.90 bits per heavy atom. The van der Waals surface area contributed by atoms with E-state index < -0.39 is 0 Å². The zero-order valence-electron chi connectivity index (χ0n) is 11.4. The van der Waals surface area contributed by atoms with Gasteiger partial charge in [0.15, 0.2) is 0 Å². The number of anilines is 1. The van der Waals surface area contributed by atoms with Crippen LogP contribution in [0.4, 0.5) is 5.69 Å². The highest BCUT2D eigenvalue weighted by Gasteiger charge is 2.19. The molecule has 0 aliphatic heterocycles. The lowest BCUT2D eigenvalue weighted by Crippen LogP contribution is -2.25. The van der Waals surface area contributed by atoms with E-state index in [1.807, 2.05) is 24.3 Å². The first kappa shape index (κ1) is 13.5. The lowest BCUT2D eigenvalue weighted by Gasteiger charge is -2.27. The van der Waals surface area contributed by atoms with Crippen molar-refractivity contribution >= 4 is 17.3 Å². The first-order valence-electron chi connectivity index (χ1n) is 7.09.